The quantitative estimate of drug-likeness (QED) is 0.609. The first-order valence-corrected chi connectivity index (χ1v) is 12.6. The molecule has 1 atom stereocenters. The van der Waals surface area contributed by atoms with Crippen LogP contribution in [0.3, 0.4) is 0 Å². The molecule has 2 amide bonds. The van der Waals surface area contributed by atoms with Crippen LogP contribution in [0.15, 0.2) is 47.5 Å². The van der Waals surface area contributed by atoms with Crippen molar-refractivity contribution in [2.75, 3.05) is 31.3 Å². The van der Waals surface area contributed by atoms with E-state index < -0.39 is 9.84 Å². The van der Waals surface area contributed by atoms with Gasteiger partial charge in [-0.05, 0) is 62.1 Å². The smallest absolute Gasteiger partial charge is 0.230 e. The van der Waals surface area contributed by atoms with Gasteiger partial charge in [0.2, 0.25) is 11.8 Å². The lowest BCUT2D eigenvalue weighted by atomic mass is 9.96. The van der Waals surface area contributed by atoms with Crippen LogP contribution in [0.2, 0.25) is 0 Å². The summed E-state index contributed by atoms with van der Waals surface area (Å²) in [5.41, 5.74) is 0.899. The summed E-state index contributed by atoms with van der Waals surface area (Å²) >= 11 is 0. The van der Waals surface area contributed by atoms with Gasteiger partial charge in [-0.3, -0.25) is 9.59 Å². The number of nitrogens with one attached hydrogen (secondary N) is 1. The highest BCUT2D eigenvalue weighted by molar-refractivity contribution is 7.90. The summed E-state index contributed by atoms with van der Waals surface area (Å²) in [7, 11) is -3.24. The molecular weight excluding hydrogens is 430 g/mol. The first-order chi connectivity index (χ1) is 15.2. The van der Waals surface area contributed by atoms with E-state index in [-0.39, 0.29) is 22.6 Å². The normalized spacial score (nSPS) is 16.4. The number of likely N-dealkylation sites (tertiary alicyclic amines) is 1. The highest BCUT2D eigenvalue weighted by atomic mass is 32.2. The van der Waals surface area contributed by atoms with Crippen molar-refractivity contribution in [2.24, 2.45) is 5.92 Å². The molecule has 0 spiro atoms. The summed E-state index contributed by atoms with van der Waals surface area (Å²) in [6.07, 6.45) is 5.19. The minimum absolute atomic E-state index is 0.00698. The van der Waals surface area contributed by atoms with Gasteiger partial charge in [0.25, 0.3) is 0 Å². The molecule has 1 aliphatic heterocycles. The molecule has 0 aliphatic carbocycles. The number of rotatable bonds is 8. The molecule has 172 valence electrons. The Hall–Kier alpha value is -2.94. The molecule has 1 aromatic heterocycles. The number of nitrogens with zero attached hydrogens (tertiary/aromatic N) is 2. The highest BCUT2D eigenvalue weighted by Crippen LogP contribution is 2.21. The Kier molecular flexibility index (Phi) is 7.84. The molecule has 1 unspecified atom stereocenters. The summed E-state index contributed by atoms with van der Waals surface area (Å²) in [5, 5.41) is 2.88. The van der Waals surface area contributed by atoms with Crippen LogP contribution in [-0.2, 0) is 19.4 Å². The molecule has 1 aromatic carbocycles. The number of carbonyl (C=O) groups is 2. The second-order valence-electron chi connectivity index (χ2n) is 8.03. The van der Waals surface area contributed by atoms with E-state index in [4.69, 9.17) is 4.74 Å². The third-order valence-corrected chi connectivity index (χ3v) is 6.58. The van der Waals surface area contributed by atoms with Crippen LogP contribution in [0.5, 0.6) is 5.75 Å². The Morgan fingerprint density at radius 2 is 1.97 bits per heavy atom. The van der Waals surface area contributed by atoms with E-state index in [1.54, 1.807) is 23.2 Å². The number of hydrogen-bond acceptors (Lipinski definition) is 6. The molecule has 1 saturated heterocycles. The standard InChI is InChI=1S/C23H29N3O5S/c1-17-6-3-13-24-22(17)25-23(28)18-7-4-14-26(16-18)21(27)8-5-15-31-19-9-11-20(12-10-19)32(2,29)30/h3,6,9-13,18H,4-5,7-8,14-16H2,1-2H3,(H,24,25,28). The van der Waals surface area contributed by atoms with Gasteiger partial charge in [-0.15, -0.1) is 0 Å². The lowest BCUT2D eigenvalue weighted by molar-refractivity contribution is -0.134. The van der Waals surface area contributed by atoms with E-state index in [9.17, 15) is 18.0 Å². The molecule has 0 saturated carbocycles. The first kappa shape index (κ1) is 23.7. The molecule has 3 rings (SSSR count). The Bertz CT molecular complexity index is 1050. The number of aromatic nitrogens is 1. The Balaban J connectivity index is 1.43. The third kappa shape index (κ3) is 6.53. The van der Waals surface area contributed by atoms with E-state index in [1.807, 2.05) is 19.1 Å². The van der Waals surface area contributed by atoms with Crippen molar-refractivity contribution >= 4 is 27.5 Å². The Morgan fingerprint density at radius 3 is 2.66 bits per heavy atom. The maximum Gasteiger partial charge on any atom is 0.230 e. The van der Waals surface area contributed by atoms with Gasteiger partial charge in [0.1, 0.15) is 11.6 Å². The van der Waals surface area contributed by atoms with Crippen LogP contribution < -0.4 is 10.1 Å². The molecule has 32 heavy (non-hydrogen) atoms. The number of anilines is 1. The lowest BCUT2D eigenvalue weighted by Crippen LogP contribution is -2.43. The zero-order chi connectivity index (χ0) is 23.1. The van der Waals surface area contributed by atoms with Crippen molar-refractivity contribution < 1.29 is 22.7 Å². The van der Waals surface area contributed by atoms with Gasteiger partial charge in [0.05, 0.1) is 17.4 Å². The number of benzene rings is 1. The number of ether oxygens (including phenoxy) is 1. The van der Waals surface area contributed by atoms with E-state index in [1.165, 1.54) is 12.1 Å². The van der Waals surface area contributed by atoms with Crippen molar-refractivity contribution in [3.8, 4) is 5.75 Å². The van der Waals surface area contributed by atoms with Crippen LogP contribution in [0.4, 0.5) is 5.82 Å². The molecule has 1 N–H and O–H groups in total. The second kappa shape index (κ2) is 10.6. The highest BCUT2D eigenvalue weighted by Gasteiger charge is 2.28. The molecule has 2 aromatic rings. The topological polar surface area (TPSA) is 106 Å². The minimum atomic E-state index is -3.24. The molecule has 9 heteroatoms. The van der Waals surface area contributed by atoms with Gasteiger partial charge in [-0.25, -0.2) is 13.4 Å². The number of sulfone groups is 1. The van der Waals surface area contributed by atoms with Gasteiger partial charge in [-0.1, -0.05) is 6.07 Å². The number of carbonyl (C=O) groups excluding carboxylic acids is 2. The predicted molar refractivity (Wildman–Crippen MR) is 121 cm³/mol. The van der Waals surface area contributed by atoms with Crippen molar-refractivity contribution in [2.45, 2.75) is 37.5 Å². The molecule has 0 radical (unpaired) electrons. The summed E-state index contributed by atoms with van der Waals surface area (Å²) in [6, 6.07) is 9.93. The fourth-order valence-electron chi connectivity index (χ4n) is 3.61. The minimum Gasteiger partial charge on any atom is -0.494 e. The van der Waals surface area contributed by atoms with E-state index in [0.717, 1.165) is 24.7 Å². The SMILES string of the molecule is Cc1cccnc1NC(=O)C1CCCN(C(=O)CCCOc2ccc(S(C)(=O)=O)cc2)C1. The van der Waals surface area contributed by atoms with Gasteiger partial charge in [0, 0.05) is 32.0 Å². The molecule has 1 fully saturated rings. The fraction of sp³-hybridized carbons (Fsp3) is 0.435. The van der Waals surface area contributed by atoms with Gasteiger partial charge in [0.15, 0.2) is 9.84 Å². The summed E-state index contributed by atoms with van der Waals surface area (Å²) < 4.78 is 28.6. The fourth-order valence-corrected chi connectivity index (χ4v) is 4.24. The number of piperidine rings is 1. The average molecular weight is 460 g/mol. The largest absolute Gasteiger partial charge is 0.494 e. The summed E-state index contributed by atoms with van der Waals surface area (Å²) in [5.74, 6) is 0.767. The van der Waals surface area contributed by atoms with Gasteiger partial charge < -0.3 is 15.0 Å². The average Bonchev–Trinajstić information content (AvgIpc) is 2.78. The number of amides is 2. The van der Waals surface area contributed by atoms with E-state index in [0.29, 0.717) is 44.1 Å². The maximum absolute atomic E-state index is 12.6. The third-order valence-electron chi connectivity index (χ3n) is 5.45. The molecule has 2 heterocycles. The predicted octanol–water partition coefficient (Wildman–Crippen LogP) is 2.83. The zero-order valence-electron chi connectivity index (χ0n) is 18.4. The number of aryl methyl sites for hydroxylation is 1. The van der Waals surface area contributed by atoms with Crippen LogP contribution in [-0.4, -0.2) is 56.1 Å². The van der Waals surface area contributed by atoms with Crippen LogP contribution in [0.1, 0.15) is 31.2 Å². The second-order valence-corrected chi connectivity index (χ2v) is 10.0. The monoisotopic (exact) mass is 459 g/mol. The molecule has 8 nitrogen and oxygen atoms in total. The Labute approximate surface area is 188 Å². The lowest BCUT2D eigenvalue weighted by Gasteiger charge is -2.32. The number of hydrogen-bond donors (Lipinski definition) is 1. The van der Waals surface area contributed by atoms with Gasteiger partial charge in [-0.2, -0.15) is 0 Å². The number of pyridine rings is 1. The van der Waals surface area contributed by atoms with Crippen molar-refractivity contribution in [3.63, 3.8) is 0 Å². The van der Waals surface area contributed by atoms with Crippen LogP contribution in [0, 0.1) is 12.8 Å². The molecular formula is C23H29N3O5S. The molecule has 0 bridgehead atoms. The molecule has 1 aliphatic rings. The summed E-state index contributed by atoms with van der Waals surface area (Å²) in [4.78, 5) is 31.4. The van der Waals surface area contributed by atoms with Crippen molar-refractivity contribution in [3.05, 3.63) is 48.2 Å². The van der Waals surface area contributed by atoms with E-state index >= 15 is 0 Å². The van der Waals surface area contributed by atoms with Crippen molar-refractivity contribution in [1.82, 2.24) is 9.88 Å². The van der Waals surface area contributed by atoms with E-state index in [2.05, 4.69) is 10.3 Å². The summed E-state index contributed by atoms with van der Waals surface area (Å²) in [6.45, 7) is 3.30. The van der Waals surface area contributed by atoms with Crippen LogP contribution in [0.25, 0.3) is 0 Å². The first-order valence-electron chi connectivity index (χ1n) is 10.7. The van der Waals surface area contributed by atoms with Gasteiger partial charge >= 0.3 is 0 Å². The Morgan fingerprint density at radius 1 is 1.22 bits per heavy atom. The maximum atomic E-state index is 12.6. The van der Waals surface area contributed by atoms with Crippen LogP contribution >= 0.6 is 0 Å². The van der Waals surface area contributed by atoms with Crippen molar-refractivity contribution in [1.29, 1.82) is 0 Å². The zero-order valence-corrected chi connectivity index (χ0v) is 19.2.